The first-order valence-electron chi connectivity index (χ1n) is 6.58. The molecule has 2 aliphatic carbocycles. The highest BCUT2D eigenvalue weighted by Gasteiger charge is 2.38. The summed E-state index contributed by atoms with van der Waals surface area (Å²) >= 11 is 0. The maximum absolute atomic E-state index is 9.69. The maximum atomic E-state index is 9.69. The van der Waals surface area contributed by atoms with Crippen molar-refractivity contribution in [3.8, 4) is 0 Å². The van der Waals surface area contributed by atoms with Gasteiger partial charge >= 0.3 is 0 Å². The van der Waals surface area contributed by atoms with Crippen LogP contribution in [-0.4, -0.2) is 23.8 Å². The highest BCUT2D eigenvalue weighted by atomic mass is 16.3. The molecular weight excluding hydrogens is 186 g/mol. The number of hydrogen-bond donors (Lipinski definition) is 2. The van der Waals surface area contributed by atoms with Gasteiger partial charge in [0.1, 0.15) is 0 Å². The molecular formula is C13H25NO. The zero-order chi connectivity index (χ0) is 10.8. The van der Waals surface area contributed by atoms with E-state index >= 15 is 0 Å². The lowest BCUT2D eigenvalue weighted by atomic mass is 9.95. The molecule has 0 heterocycles. The summed E-state index contributed by atoms with van der Waals surface area (Å²) in [7, 11) is 0. The van der Waals surface area contributed by atoms with Crippen LogP contribution in [0.25, 0.3) is 0 Å². The third-order valence-electron chi connectivity index (χ3n) is 4.35. The predicted molar refractivity (Wildman–Crippen MR) is 62.7 cm³/mol. The van der Waals surface area contributed by atoms with Crippen molar-refractivity contribution in [3.63, 3.8) is 0 Å². The second-order valence-electron chi connectivity index (χ2n) is 5.84. The van der Waals surface area contributed by atoms with Crippen LogP contribution >= 0.6 is 0 Å². The van der Waals surface area contributed by atoms with E-state index in [0.717, 1.165) is 30.8 Å². The molecule has 2 fully saturated rings. The van der Waals surface area contributed by atoms with Crippen LogP contribution in [0, 0.1) is 17.8 Å². The zero-order valence-corrected chi connectivity index (χ0v) is 10.1. The summed E-state index contributed by atoms with van der Waals surface area (Å²) in [6.07, 6.45) is 6.54. The van der Waals surface area contributed by atoms with Crippen molar-refractivity contribution in [2.45, 2.75) is 58.1 Å². The van der Waals surface area contributed by atoms with E-state index in [-0.39, 0.29) is 6.10 Å². The topological polar surface area (TPSA) is 32.3 Å². The van der Waals surface area contributed by atoms with Gasteiger partial charge in [0, 0.05) is 6.04 Å². The highest BCUT2D eigenvalue weighted by Crippen LogP contribution is 2.44. The Balaban J connectivity index is 1.62. The van der Waals surface area contributed by atoms with Gasteiger partial charge in [0.2, 0.25) is 0 Å². The summed E-state index contributed by atoms with van der Waals surface area (Å²) in [5, 5.41) is 13.3. The Morgan fingerprint density at radius 2 is 2.07 bits per heavy atom. The fraction of sp³-hybridized carbons (Fsp3) is 1.00. The summed E-state index contributed by atoms with van der Waals surface area (Å²) in [6.45, 7) is 5.16. The standard InChI is InChI=1S/C13H25NO/c1-9(2)13(15)5-6-14-12-8-10-3-4-11(12)7-10/h9-15H,3-8H2,1-2H3/t10-,11-,12+,13-/m0/s1. The van der Waals surface area contributed by atoms with Crippen molar-refractivity contribution in [1.82, 2.24) is 5.32 Å². The van der Waals surface area contributed by atoms with Crippen molar-refractivity contribution < 1.29 is 5.11 Å². The quantitative estimate of drug-likeness (QED) is 0.730. The molecule has 0 radical (unpaired) electrons. The van der Waals surface area contributed by atoms with Gasteiger partial charge in [-0.05, 0) is 50.0 Å². The third-order valence-corrected chi connectivity index (χ3v) is 4.35. The van der Waals surface area contributed by atoms with E-state index in [4.69, 9.17) is 0 Å². The monoisotopic (exact) mass is 211 g/mol. The molecule has 2 aliphatic rings. The zero-order valence-electron chi connectivity index (χ0n) is 10.1. The summed E-state index contributed by atoms with van der Waals surface area (Å²) < 4.78 is 0. The van der Waals surface area contributed by atoms with Gasteiger partial charge in [-0.25, -0.2) is 0 Å². The molecule has 88 valence electrons. The van der Waals surface area contributed by atoms with E-state index in [1.54, 1.807) is 0 Å². The molecule has 2 heteroatoms. The van der Waals surface area contributed by atoms with Gasteiger partial charge in [0.05, 0.1) is 6.10 Å². The number of aliphatic hydroxyl groups excluding tert-OH is 1. The van der Waals surface area contributed by atoms with Crippen LogP contribution < -0.4 is 5.32 Å². The normalized spacial score (nSPS) is 36.4. The molecule has 0 amide bonds. The first-order chi connectivity index (χ1) is 7.16. The number of fused-ring (bicyclic) bond motifs is 2. The Hall–Kier alpha value is -0.0800. The lowest BCUT2D eigenvalue weighted by Gasteiger charge is -2.24. The van der Waals surface area contributed by atoms with Crippen LogP contribution in [0.1, 0.15) is 46.0 Å². The molecule has 2 nitrogen and oxygen atoms in total. The average Bonchev–Trinajstić information content (AvgIpc) is 2.78. The van der Waals surface area contributed by atoms with Crippen molar-refractivity contribution >= 4 is 0 Å². The predicted octanol–water partition coefficient (Wildman–Crippen LogP) is 2.17. The first-order valence-corrected chi connectivity index (χ1v) is 6.58. The molecule has 15 heavy (non-hydrogen) atoms. The van der Waals surface area contributed by atoms with E-state index in [1.807, 2.05) is 0 Å². The van der Waals surface area contributed by atoms with Crippen LogP contribution in [0.5, 0.6) is 0 Å². The van der Waals surface area contributed by atoms with E-state index in [1.165, 1.54) is 25.7 Å². The molecule has 0 saturated heterocycles. The Kier molecular flexibility index (Phi) is 3.68. The van der Waals surface area contributed by atoms with Crippen molar-refractivity contribution in [3.05, 3.63) is 0 Å². The molecule has 2 N–H and O–H groups in total. The number of nitrogens with one attached hydrogen (secondary N) is 1. The van der Waals surface area contributed by atoms with Crippen LogP contribution in [0.4, 0.5) is 0 Å². The summed E-state index contributed by atoms with van der Waals surface area (Å²) in [5.74, 6) is 2.36. The fourth-order valence-electron chi connectivity index (χ4n) is 3.24. The molecule has 2 bridgehead atoms. The minimum absolute atomic E-state index is 0.129. The highest BCUT2D eigenvalue weighted by molar-refractivity contribution is 4.94. The van der Waals surface area contributed by atoms with Crippen LogP contribution in [0.3, 0.4) is 0 Å². The maximum Gasteiger partial charge on any atom is 0.0575 e. The number of rotatable bonds is 5. The largest absolute Gasteiger partial charge is 0.393 e. The Bertz CT molecular complexity index is 205. The lowest BCUT2D eigenvalue weighted by Crippen LogP contribution is -2.36. The molecule has 0 aromatic carbocycles. The Morgan fingerprint density at radius 3 is 2.60 bits per heavy atom. The van der Waals surface area contributed by atoms with Gasteiger partial charge < -0.3 is 10.4 Å². The van der Waals surface area contributed by atoms with E-state index in [9.17, 15) is 5.11 Å². The van der Waals surface area contributed by atoms with Crippen molar-refractivity contribution in [1.29, 1.82) is 0 Å². The molecule has 0 aromatic rings. The van der Waals surface area contributed by atoms with E-state index < -0.39 is 0 Å². The second-order valence-corrected chi connectivity index (χ2v) is 5.84. The van der Waals surface area contributed by atoms with Gasteiger partial charge in [-0.3, -0.25) is 0 Å². The summed E-state index contributed by atoms with van der Waals surface area (Å²) in [5.41, 5.74) is 0. The van der Waals surface area contributed by atoms with Crippen molar-refractivity contribution in [2.24, 2.45) is 17.8 Å². The number of aliphatic hydroxyl groups is 1. The van der Waals surface area contributed by atoms with Gasteiger partial charge in [-0.15, -0.1) is 0 Å². The first kappa shape index (κ1) is 11.4. The molecule has 0 unspecified atom stereocenters. The smallest absolute Gasteiger partial charge is 0.0575 e. The van der Waals surface area contributed by atoms with Gasteiger partial charge in [0.15, 0.2) is 0 Å². The van der Waals surface area contributed by atoms with Crippen LogP contribution in [0.2, 0.25) is 0 Å². The van der Waals surface area contributed by atoms with Crippen LogP contribution in [-0.2, 0) is 0 Å². The van der Waals surface area contributed by atoms with Gasteiger partial charge in [-0.2, -0.15) is 0 Å². The van der Waals surface area contributed by atoms with Crippen molar-refractivity contribution in [2.75, 3.05) is 6.54 Å². The van der Waals surface area contributed by atoms with Gasteiger partial charge in [0.25, 0.3) is 0 Å². The Labute approximate surface area is 93.5 Å². The van der Waals surface area contributed by atoms with Crippen LogP contribution in [0.15, 0.2) is 0 Å². The SMILES string of the molecule is CC(C)[C@@H](O)CCN[C@@H]1C[C@H]2CC[C@H]1C2. The molecule has 4 atom stereocenters. The molecule has 2 saturated carbocycles. The van der Waals surface area contributed by atoms with E-state index in [0.29, 0.717) is 5.92 Å². The Morgan fingerprint density at radius 1 is 1.27 bits per heavy atom. The third kappa shape index (κ3) is 2.73. The minimum Gasteiger partial charge on any atom is -0.393 e. The lowest BCUT2D eigenvalue weighted by molar-refractivity contribution is 0.114. The molecule has 0 spiro atoms. The number of hydrogen-bond acceptors (Lipinski definition) is 2. The van der Waals surface area contributed by atoms with Gasteiger partial charge in [-0.1, -0.05) is 20.3 Å². The van der Waals surface area contributed by atoms with E-state index in [2.05, 4.69) is 19.2 Å². The minimum atomic E-state index is -0.129. The summed E-state index contributed by atoms with van der Waals surface area (Å²) in [4.78, 5) is 0. The molecule has 0 aromatic heterocycles. The average molecular weight is 211 g/mol. The molecule has 2 rings (SSSR count). The fourth-order valence-corrected chi connectivity index (χ4v) is 3.24. The molecule has 0 aliphatic heterocycles. The second kappa shape index (κ2) is 4.84. The summed E-state index contributed by atoms with van der Waals surface area (Å²) in [6, 6.07) is 0.767.